The summed E-state index contributed by atoms with van der Waals surface area (Å²) in [4.78, 5) is 2.49. The second kappa shape index (κ2) is 5.29. The lowest BCUT2D eigenvalue weighted by Crippen LogP contribution is -2.37. The van der Waals surface area contributed by atoms with Gasteiger partial charge in [0.25, 0.3) is 0 Å². The zero-order chi connectivity index (χ0) is 10.5. The van der Waals surface area contributed by atoms with E-state index in [0.717, 1.165) is 13.1 Å². The van der Waals surface area contributed by atoms with Crippen LogP contribution in [0.1, 0.15) is 24.3 Å². The summed E-state index contributed by atoms with van der Waals surface area (Å²) < 4.78 is 0. The molecule has 1 saturated heterocycles. The Labute approximate surface area is 92.1 Å². The maximum atomic E-state index is 5.60. The first-order valence-corrected chi connectivity index (χ1v) is 5.87. The Morgan fingerprint density at radius 2 is 2.07 bits per heavy atom. The van der Waals surface area contributed by atoms with Gasteiger partial charge in [-0.1, -0.05) is 30.3 Å². The summed E-state index contributed by atoms with van der Waals surface area (Å²) in [6.07, 6.45) is 2.63. The van der Waals surface area contributed by atoms with Crippen LogP contribution in [-0.2, 0) is 0 Å². The summed E-state index contributed by atoms with van der Waals surface area (Å²) in [6.45, 7) is 4.23. The second-order valence-corrected chi connectivity index (χ2v) is 4.34. The summed E-state index contributed by atoms with van der Waals surface area (Å²) in [5.41, 5.74) is 7.09. The van der Waals surface area contributed by atoms with Crippen molar-refractivity contribution in [1.29, 1.82) is 0 Å². The molecule has 1 atom stereocenters. The molecule has 2 N–H and O–H groups in total. The first-order valence-electron chi connectivity index (χ1n) is 5.87. The van der Waals surface area contributed by atoms with E-state index in [1.54, 1.807) is 0 Å². The van der Waals surface area contributed by atoms with Gasteiger partial charge in [-0.3, -0.25) is 0 Å². The number of piperidine rings is 1. The molecule has 2 nitrogen and oxygen atoms in total. The van der Waals surface area contributed by atoms with Gasteiger partial charge in [0.1, 0.15) is 0 Å². The van der Waals surface area contributed by atoms with Crippen molar-refractivity contribution in [3.8, 4) is 0 Å². The van der Waals surface area contributed by atoms with Crippen LogP contribution in [0.25, 0.3) is 0 Å². The van der Waals surface area contributed by atoms with E-state index >= 15 is 0 Å². The van der Waals surface area contributed by atoms with Crippen molar-refractivity contribution in [2.24, 2.45) is 5.73 Å². The predicted molar refractivity (Wildman–Crippen MR) is 63.9 cm³/mol. The lowest BCUT2D eigenvalue weighted by atomic mass is 9.91. The molecule has 1 aromatic rings. The Morgan fingerprint density at radius 1 is 1.27 bits per heavy atom. The average molecular weight is 204 g/mol. The minimum atomic E-state index is 0.714. The number of hydrogen-bond donors (Lipinski definition) is 1. The fourth-order valence-electron chi connectivity index (χ4n) is 2.44. The van der Waals surface area contributed by atoms with Gasteiger partial charge in [0.2, 0.25) is 0 Å². The van der Waals surface area contributed by atoms with Crippen molar-refractivity contribution >= 4 is 0 Å². The Kier molecular flexibility index (Phi) is 3.75. The zero-order valence-electron chi connectivity index (χ0n) is 9.23. The van der Waals surface area contributed by atoms with E-state index in [1.165, 1.54) is 31.5 Å². The molecule has 0 unspecified atom stereocenters. The number of hydrogen-bond acceptors (Lipinski definition) is 2. The van der Waals surface area contributed by atoms with Crippen LogP contribution in [0, 0.1) is 0 Å². The molecule has 15 heavy (non-hydrogen) atoms. The molecule has 0 radical (unpaired) electrons. The molecule has 2 heteroatoms. The van der Waals surface area contributed by atoms with E-state index < -0.39 is 0 Å². The maximum Gasteiger partial charge on any atom is 0.0105 e. The van der Waals surface area contributed by atoms with Crippen molar-refractivity contribution in [3.63, 3.8) is 0 Å². The number of nitrogens with two attached hydrogens (primary N) is 1. The highest BCUT2D eigenvalue weighted by Gasteiger charge is 2.20. The zero-order valence-corrected chi connectivity index (χ0v) is 9.23. The molecule has 1 aromatic carbocycles. The highest BCUT2D eigenvalue weighted by Crippen LogP contribution is 2.26. The number of likely N-dealkylation sites (tertiary alicyclic amines) is 1. The smallest absolute Gasteiger partial charge is 0.0105 e. The van der Waals surface area contributed by atoms with Gasteiger partial charge in [-0.2, -0.15) is 0 Å². The van der Waals surface area contributed by atoms with Crippen LogP contribution >= 0.6 is 0 Å². The van der Waals surface area contributed by atoms with Crippen LogP contribution < -0.4 is 5.73 Å². The predicted octanol–water partition coefficient (Wildman–Crippen LogP) is 1.82. The van der Waals surface area contributed by atoms with E-state index in [1.807, 2.05) is 0 Å². The molecule has 1 fully saturated rings. The van der Waals surface area contributed by atoms with Crippen molar-refractivity contribution in [3.05, 3.63) is 35.9 Å². The van der Waals surface area contributed by atoms with Crippen LogP contribution in [0.4, 0.5) is 0 Å². The molecule has 0 amide bonds. The van der Waals surface area contributed by atoms with Gasteiger partial charge in [-0.15, -0.1) is 0 Å². The summed E-state index contributed by atoms with van der Waals surface area (Å²) in [6, 6.07) is 10.9. The van der Waals surface area contributed by atoms with Crippen molar-refractivity contribution in [1.82, 2.24) is 4.90 Å². The molecule has 0 saturated carbocycles. The number of benzene rings is 1. The largest absolute Gasteiger partial charge is 0.329 e. The molecule has 82 valence electrons. The normalized spacial score (nSPS) is 22.9. The van der Waals surface area contributed by atoms with E-state index in [2.05, 4.69) is 35.2 Å². The van der Waals surface area contributed by atoms with Crippen LogP contribution in [0.5, 0.6) is 0 Å². The average Bonchev–Trinajstić information content (AvgIpc) is 2.31. The Morgan fingerprint density at radius 3 is 2.80 bits per heavy atom. The van der Waals surface area contributed by atoms with E-state index in [9.17, 15) is 0 Å². The van der Waals surface area contributed by atoms with E-state index in [4.69, 9.17) is 5.73 Å². The fourth-order valence-corrected chi connectivity index (χ4v) is 2.44. The summed E-state index contributed by atoms with van der Waals surface area (Å²) in [7, 11) is 0. The molecule has 0 bridgehead atoms. The first-order chi connectivity index (χ1) is 7.40. The fraction of sp³-hybridized carbons (Fsp3) is 0.538. The van der Waals surface area contributed by atoms with Crippen LogP contribution in [0.2, 0.25) is 0 Å². The molecule has 0 aliphatic carbocycles. The van der Waals surface area contributed by atoms with Gasteiger partial charge < -0.3 is 10.6 Å². The summed E-state index contributed by atoms with van der Waals surface area (Å²) >= 11 is 0. The first kappa shape index (κ1) is 10.7. The van der Waals surface area contributed by atoms with Gasteiger partial charge in [0.15, 0.2) is 0 Å². The van der Waals surface area contributed by atoms with Crippen LogP contribution in [-0.4, -0.2) is 31.1 Å². The Bertz CT molecular complexity index is 282. The molecule has 2 rings (SSSR count). The summed E-state index contributed by atoms with van der Waals surface area (Å²) in [5.74, 6) is 0.714. The third-order valence-electron chi connectivity index (χ3n) is 3.22. The number of nitrogens with zero attached hydrogens (tertiary/aromatic N) is 1. The second-order valence-electron chi connectivity index (χ2n) is 4.34. The van der Waals surface area contributed by atoms with Gasteiger partial charge >= 0.3 is 0 Å². The van der Waals surface area contributed by atoms with Crippen LogP contribution in [0.3, 0.4) is 0 Å². The lowest BCUT2D eigenvalue weighted by molar-refractivity contribution is 0.213. The van der Waals surface area contributed by atoms with Crippen molar-refractivity contribution < 1.29 is 0 Å². The van der Waals surface area contributed by atoms with E-state index in [0.29, 0.717) is 5.92 Å². The van der Waals surface area contributed by atoms with E-state index in [-0.39, 0.29) is 0 Å². The minimum absolute atomic E-state index is 0.714. The quantitative estimate of drug-likeness (QED) is 0.814. The van der Waals surface area contributed by atoms with Crippen LogP contribution in [0.15, 0.2) is 30.3 Å². The SMILES string of the molecule is NCCN1CCC[C@H](c2ccccc2)C1. The highest BCUT2D eigenvalue weighted by molar-refractivity contribution is 5.20. The standard InChI is InChI=1S/C13H20N2/c14-8-10-15-9-4-7-13(11-15)12-5-2-1-3-6-12/h1-3,5-6,13H,4,7-11,14H2/t13-/m0/s1. The van der Waals surface area contributed by atoms with Gasteiger partial charge in [0, 0.05) is 19.6 Å². The third kappa shape index (κ3) is 2.80. The molecule has 1 heterocycles. The monoisotopic (exact) mass is 204 g/mol. The lowest BCUT2D eigenvalue weighted by Gasteiger charge is -2.32. The Balaban J connectivity index is 1.98. The minimum Gasteiger partial charge on any atom is -0.329 e. The number of rotatable bonds is 3. The molecule has 1 aliphatic rings. The van der Waals surface area contributed by atoms with Gasteiger partial charge in [-0.25, -0.2) is 0 Å². The molecular formula is C13H20N2. The molecule has 1 aliphatic heterocycles. The molecule has 0 aromatic heterocycles. The topological polar surface area (TPSA) is 29.3 Å². The molecular weight excluding hydrogens is 184 g/mol. The summed E-state index contributed by atoms with van der Waals surface area (Å²) in [5, 5.41) is 0. The van der Waals surface area contributed by atoms with Gasteiger partial charge in [-0.05, 0) is 30.9 Å². The Hall–Kier alpha value is -0.860. The molecule has 0 spiro atoms. The third-order valence-corrected chi connectivity index (χ3v) is 3.22. The maximum absolute atomic E-state index is 5.60. The van der Waals surface area contributed by atoms with Crippen molar-refractivity contribution in [2.75, 3.05) is 26.2 Å². The highest BCUT2D eigenvalue weighted by atomic mass is 15.1. The van der Waals surface area contributed by atoms with Gasteiger partial charge in [0.05, 0.1) is 0 Å². The van der Waals surface area contributed by atoms with Crippen molar-refractivity contribution in [2.45, 2.75) is 18.8 Å².